The Morgan fingerprint density at radius 2 is 2.17 bits per heavy atom. The van der Waals surface area contributed by atoms with Crippen molar-refractivity contribution in [3.63, 3.8) is 0 Å². The summed E-state index contributed by atoms with van der Waals surface area (Å²) in [5, 5.41) is 2.74. The molecule has 3 rings (SSSR count). The van der Waals surface area contributed by atoms with E-state index in [9.17, 15) is 9.18 Å². The maximum absolute atomic E-state index is 13.3. The molecule has 2 aromatic heterocycles. The van der Waals surface area contributed by atoms with Crippen LogP contribution in [-0.2, 0) is 6.42 Å². The Hall–Kier alpha value is -2.21. The number of amides is 1. The molecule has 0 fully saturated rings. The average molecular weight is 376 g/mol. The Balaban J connectivity index is 2.09. The maximum Gasteiger partial charge on any atom is 0.274 e. The zero-order chi connectivity index (χ0) is 16.6. The number of hydrogen-bond donors (Lipinski definition) is 1. The van der Waals surface area contributed by atoms with Gasteiger partial charge in [-0.3, -0.25) is 9.20 Å². The van der Waals surface area contributed by atoms with Crippen LogP contribution in [0.5, 0.6) is 0 Å². The summed E-state index contributed by atoms with van der Waals surface area (Å²) in [7, 11) is 0. The minimum Gasteiger partial charge on any atom is -0.321 e. The van der Waals surface area contributed by atoms with E-state index in [4.69, 9.17) is 0 Å². The fraction of sp³-hybridized carbons (Fsp3) is 0.176. The van der Waals surface area contributed by atoms with Crippen molar-refractivity contribution in [1.29, 1.82) is 0 Å². The number of carbonyl (C=O) groups is 1. The van der Waals surface area contributed by atoms with Crippen LogP contribution in [0, 0.1) is 12.7 Å². The first-order valence-electron chi connectivity index (χ1n) is 7.23. The Labute approximate surface area is 141 Å². The van der Waals surface area contributed by atoms with Gasteiger partial charge in [-0.15, -0.1) is 0 Å². The van der Waals surface area contributed by atoms with Crippen molar-refractivity contribution in [2.45, 2.75) is 20.3 Å². The number of fused-ring (bicyclic) bond motifs is 1. The quantitative estimate of drug-likeness (QED) is 0.739. The van der Waals surface area contributed by atoms with Gasteiger partial charge in [-0.2, -0.15) is 0 Å². The third kappa shape index (κ3) is 2.99. The number of hydrogen-bond acceptors (Lipinski definition) is 2. The fourth-order valence-electron chi connectivity index (χ4n) is 2.52. The van der Waals surface area contributed by atoms with E-state index in [1.54, 1.807) is 16.5 Å². The second kappa shape index (κ2) is 6.12. The molecule has 0 saturated heterocycles. The van der Waals surface area contributed by atoms with E-state index in [1.807, 2.05) is 26.1 Å². The lowest BCUT2D eigenvalue weighted by atomic mass is 10.2. The highest BCUT2D eigenvalue weighted by Crippen LogP contribution is 2.23. The molecule has 0 spiro atoms. The van der Waals surface area contributed by atoms with Gasteiger partial charge in [0.1, 0.15) is 11.5 Å². The van der Waals surface area contributed by atoms with Crippen LogP contribution in [0.4, 0.5) is 10.1 Å². The summed E-state index contributed by atoms with van der Waals surface area (Å²) in [6.45, 7) is 3.89. The average Bonchev–Trinajstić information content (AvgIpc) is 2.86. The number of halogens is 2. The summed E-state index contributed by atoms with van der Waals surface area (Å²) in [5.74, 6) is -0.701. The van der Waals surface area contributed by atoms with Gasteiger partial charge in [0.2, 0.25) is 0 Å². The molecule has 2 heterocycles. The first-order chi connectivity index (χ1) is 11.0. The van der Waals surface area contributed by atoms with E-state index in [0.717, 1.165) is 10.0 Å². The van der Waals surface area contributed by atoms with Crippen LogP contribution in [0.15, 0.2) is 41.0 Å². The van der Waals surface area contributed by atoms with Gasteiger partial charge in [-0.25, -0.2) is 9.37 Å². The molecule has 0 atom stereocenters. The predicted molar refractivity (Wildman–Crippen MR) is 91.4 cm³/mol. The van der Waals surface area contributed by atoms with Crippen LogP contribution in [0.1, 0.15) is 28.7 Å². The van der Waals surface area contributed by atoms with E-state index in [1.165, 1.54) is 12.1 Å². The monoisotopic (exact) mass is 375 g/mol. The fourth-order valence-corrected chi connectivity index (χ4v) is 3.16. The third-order valence-corrected chi connectivity index (χ3v) is 4.10. The smallest absolute Gasteiger partial charge is 0.274 e. The van der Waals surface area contributed by atoms with Crippen molar-refractivity contribution in [2.24, 2.45) is 0 Å². The van der Waals surface area contributed by atoms with Gasteiger partial charge in [-0.1, -0.05) is 13.0 Å². The molecule has 0 bridgehead atoms. The Kier molecular flexibility index (Phi) is 4.17. The largest absolute Gasteiger partial charge is 0.321 e. The second-order valence-electron chi connectivity index (χ2n) is 5.28. The zero-order valence-electron chi connectivity index (χ0n) is 12.7. The van der Waals surface area contributed by atoms with E-state index in [2.05, 4.69) is 26.2 Å². The summed E-state index contributed by atoms with van der Waals surface area (Å²) in [6, 6.07) is 7.78. The molecule has 23 heavy (non-hydrogen) atoms. The number of aromatic nitrogens is 2. The topological polar surface area (TPSA) is 46.4 Å². The zero-order valence-corrected chi connectivity index (χ0v) is 14.3. The normalized spacial score (nSPS) is 11.0. The molecular weight excluding hydrogens is 361 g/mol. The molecule has 0 aliphatic rings. The van der Waals surface area contributed by atoms with E-state index in [0.29, 0.717) is 29.1 Å². The van der Waals surface area contributed by atoms with Crippen molar-refractivity contribution in [3.05, 3.63) is 63.8 Å². The van der Waals surface area contributed by atoms with Gasteiger partial charge < -0.3 is 5.32 Å². The number of carbonyl (C=O) groups excluding carboxylic acids is 1. The van der Waals surface area contributed by atoms with Crippen molar-refractivity contribution in [3.8, 4) is 0 Å². The number of imidazole rings is 1. The Morgan fingerprint density at radius 1 is 1.39 bits per heavy atom. The summed E-state index contributed by atoms with van der Waals surface area (Å²) in [6.07, 6.45) is 2.49. The molecule has 0 radical (unpaired) electrons. The van der Waals surface area contributed by atoms with Gasteiger partial charge in [0.15, 0.2) is 5.65 Å². The molecule has 0 saturated carbocycles. The van der Waals surface area contributed by atoms with Crippen molar-refractivity contribution in [1.82, 2.24) is 9.38 Å². The molecule has 0 aliphatic heterocycles. The number of nitrogens with one attached hydrogen (secondary N) is 1. The van der Waals surface area contributed by atoms with Crippen LogP contribution in [0.3, 0.4) is 0 Å². The van der Waals surface area contributed by atoms with Gasteiger partial charge in [0.25, 0.3) is 5.91 Å². The minimum absolute atomic E-state index is 0.308. The predicted octanol–water partition coefficient (Wildman–Crippen LogP) is 4.36. The molecule has 1 aromatic carbocycles. The van der Waals surface area contributed by atoms with Gasteiger partial charge in [0.05, 0.1) is 10.2 Å². The highest BCUT2D eigenvalue weighted by atomic mass is 79.9. The summed E-state index contributed by atoms with van der Waals surface area (Å²) in [5.41, 5.74) is 3.28. The van der Waals surface area contributed by atoms with Gasteiger partial charge in [-0.05, 0) is 59.1 Å². The highest BCUT2D eigenvalue weighted by molar-refractivity contribution is 9.10. The molecule has 1 N–H and O–H groups in total. The Morgan fingerprint density at radius 3 is 2.87 bits per heavy atom. The number of anilines is 1. The van der Waals surface area contributed by atoms with Crippen LogP contribution in [0.2, 0.25) is 0 Å². The standard InChI is InChI=1S/C17H15BrFN3O/c1-3-14-15(17(23)20-12-6-4-5-11(19)8-12)22-9-10(2)7-13(18)16(22)21-14/h4-9H,3H2,1-2H3,(H,20,23). The molecule has 1 amide bonds. The number of pyridine rings is 1. The first kappa shape index (κ1) is 15.7. The summed E-state index contributed by atoms with van der Waals surface area (Å²) >= 11 is 3.49. The van der Waals surface area contributed by atoms with Crippen molar-refractivity contribution in [2.75, 3.05) is 5.32 Å². The minimum atomic E-state index is -0.393. The van der Waals surface area contributed by atoms with E-state index >= 15 is 0 Å². The molecule has 3 aromatic rings. The molecule has 0 unspecified atom stereocenters. The van der Waals surface area contributed by atoms with Crippen LogP contribution < -0.4 is 5.32 Å². The third-order valence-electron chi connectivity index (χ3n) is 3.52. The lowest BCUT2D eigenvalue weighted by Crippen LogP contribution is -2.16. The number of benzene rings is 1. The first-order valence-corrected chi connectivity index (χ1v) is 8.03. The van der Waals surface area contributed by atoms with E-state index < -0.39 is 5.82 Å². The van der Waals surface area contributed by atoms with Crippen LogP contribution in [-0.4, -0.2) is 15.3 Å². The SMILES string of the molecule is CCc1nc2c(Br)cc(C)cn2c1C(=O)Nc1cccc(F)c1. The maximum atomic E-state index is 13.3. The van der Waals surface area contributed by atoms with Gasteiger partial charge in [0, 0.05) is 11.9 Å². The molecule has 0 aliphatic carbocycles. The second-order valence-corrected chi connectivity index (χ2v) is 6.14. The molecular formula is C17H15BrFN3O. The van der Waals surface area contributed by atoms with Crippen molar-refractivity contribution >= 4 is 33.2 Å². The number of rotatable bonds is 3. The Bertz CT molecular complexity index is 904. The van der Waals surface area contributed by atoms with Crippen LogP contribution >= 0.6 is 15.9 Å². The van der Waals surface area contributed by atoms with E-state index in [-0.39, 0.29) is 5.91 Å². The number of nitrogens with zero attached hydrogens (tertiary/aromatic N) is 2. The molecule has 6 heteroatoms. The van der Waals surface area contributed by atoms with Crippen LogP contribution in [0.25, 0.3) is 5.65 Å². The summed E-state index contributed by atoms with van der Waals surface area (Å²) < 4.78 is 15.9. The highest BCUT2D eigenvalue weighted by Gasteiger charge is 2.20. The lowest BCUT2D eigenvalue weighted by Gasteiger charge is -2.07. The van der Waals surface area contributed by atoms with Gasteiger partial charge >= 0.3 is 0 Å². The molecule has 118 valence electrons. The summed E-state index contributed by atoms with van der Waals surface area (Å²) in [4.78, 5) is 17.2. The lowest BCUT2D eigenvalue weighted by molar-refractivity contribution is 0.102. The number of aryl methyl sites for hydroxylation is 2. The van der Waals surface area contributed by atoms with Crippen molar-refractivity contribution < 1.29 is 9.18 Å². The molecule has 4 nitrogen and oxygen atoms in total.